The molecule has 4 heterocycles. The zero-order valence-corrected chi connectivity index (χ0v) is 14.1. The Bertz CT molecular complexity index is 982. The van der Waals surface area contributed by atoms with Gasteiger partial charge in [0.15, 0.2) is 5.78 Å². The number of fused-ring (bicyclic) bond motifs is 1. The van der Waals surface area contributed by atoms with E-state index in [4.69, 9.17) is 0 Å². The van der Waals surface area contributed by atoms with E-state index in [-0.39, 0.29) is 17.4 Å². The standard InChI is InChI=1S/C18H16N6O2/c1-11(25)15-7-16(23-22-15)18(26)24-6-4-14-13(9-24)17(21-10-20-14)12-3-2-5-19-8-12/h2-3,5,7-8,10H,4,6,9H2,1H3,(H,22,23). The Morgan fingerprint density at radius 3 is 2.88 bits per heavy atom. The smallest absolute Gasteiger partial charge is 0.272 e. The van der Waals surface area contributed by atoms with Crippen molar-refractivity contribution in [1.29, 1.82) is 0 Å². The zero-order chi connectivity index (χ0) is 18.1. The summed E-state index contributed by atoms with van der Waals surface area (Å²) in [4.78, 5) is 38.8. The highest BCUT2D eigenvalue weighted by atomic mass is 16.2. The van der Waals surface area contributed by atoms with Crippen molar-refractivity contribution in [3.63, 3.8) is 0 Å². The normalized spacial score (nSPS) is 13.3. The molecule has 26 heavy (non-hydrogen) atoms. The van der Waals surface area contributed by atoms with Crippen molar-refractivity contribution in [2.45, 2.75) is 19.9 Å². The van der Waals surface area contributed by atoms with Crippen molar-refractivity contribution in [2.75, 3.05) is 6.54 Å². The molecule has 0 saturated carbocycles. The SMILES string of the molecule is CC(=O)c1cc(C(=O)N2CCc3ncnc(-c4cccnc4)c3C2)[nH]n1. The Labute approximate surface area is 149 Å². The van der Waals surface area contributed by atoms with Crippen LogP contribution in [0.25, 0.3) is 11.3 Å². The van der Waals surface area contributed by atoms with Crippen molar-refractivity contribution in [3.8, 4) is 11.3 Å². The molecular weight excluding hydrogens is 332 g/mol. The number of Topliss-reactive ketones (excluding diaryl/α,β-unsaturated/α-hetero) is 1. The maximum Gasteiger partial charge on any atom is 0.272 e. The second kappa shape index (κ2) is 6.47. The summed E-state index contributed by atoms with van der Waals surface area (Å²) in [6, 6.07) is 5.28. The molecule has 0 unspecified atom stereocenters. The number of hydrogen-bond acceptors (Lipinski definition) is 6. The van der Waals surface area contributed by atoms with Crippen LogP contribution >= 0.6 is 0 Å². The first-order chi connectivity index (χ1) is 12.6. The molecule has 8 nitrogen and oxygen atoms in total. The highest BCUT2D eigenvalue weighted by Crippen LogP contribution is 2.27. The van der Waals surface area contributed by atoms with Crippen molar-refractivity contribution in [1.82, 2.24) is 30.0 Å². The number of nitrogens with one attached hydrogen (secondary N) is 1. The minimum absolute atomic E-state index is 0.184. The molecule has 0 fully saturated rings. The van der Waals surface area contributed by atoms with E-state index in [1.807, 2.05) is 12.1 Å². The molecule has 130 valence electrons. The first-order valence-corrected chi connectivity index (χ1v) is 8.22. The Hall–Kier alpha value is -3.42. The number of pyridine rings is 1. The number of aromatic nitrogens is 5. The number of hydrogen-bond donors (Lipinski definition) is 1. The van der Waals surface area contributed by atoms with Crippen LogP contribution in [-0.2, 0) is 13.0 Å². The van der Waals surface area contributed by atoms with Gasteiger partial charge in [-0.25, -0.2) is 9.97 Å². The van der Waals surface area contributed by atoms with Gasteiger partial charge in [-0.15, -0.1) is 0 Å². The van der Waals surface area contributed by atoms with Gasteiger partial charge in [0.05, 0.1) is 11.4 Å². The Morgan fingerprint density at radius 1 is 1.27 bits per heavy atom. The summed E-state index contributed by atoms with van der Waals surface area (Å²) in [5.74, 6) is -0.381. The first-order valence-electron chi connectivity index (χ1n) is 8.22. The van der Waals surface area contributed by atoms with Crippen LogP contribution in [0.3, 0.4) is 0 Å². The predicted octanol–water partition coefficient (Wildman–Crippen LogP) is 1.66. The van der Waals surface area contributed by atoms with E-state index >= 15 is 0 Å². The summed E-state index contributed by atoms with van der Waals surface area (Å²) in [6.45, 7) is 2.36. The number of nitrogens with zero attached hydrogens (tertiary/aromatic N) is 5. The summed E-state index contributed by atoms with van der Waals surface area (Å²) in [5, 5.41) is 6.54. The van der Waals surface area contributed by atoms with Gasteiger partial charge in [0.25, 0.3) is 5.91 Å². The third-order valence-corrected chi connectivity index (χ3v) is 4.39. The second-order valence-electron chi connectivity index (χ2n) is 6.09. The van der Waals surface area contributed by atoms with E-state index in [0.29, 0.717) is 25.2 Å². The number of carbonyl (C=O) groups is 2. The zero-order valence-electron chi connectivity index (χ0n) is 14.1. The largest absolute Gasteiger partial charge is 0.332 e. The number of carbonyl (C=O) groups excluding carboxylic acids is 2. The molecule has 8 heteroatoms. The van der Waals surface area contributed by atoms with Crippen molar-refractivity contribution in [3.05, 3.63) is 59.6 Å². The lowest BCUT2D eigenvalue weighted by atomic mass is 10.00. The van der Waals surface area contributed by atoms with Gasteiger partial charge < -0.3 is 4.90 Å². The molecule has 0 spiro atoms. The summed E-state index contributed by atoms with van der Waals surface area (Å²) in [6.07, 6.45) is 5.65. The minimum atomic E-state index is -0.198. The van der Waals surface area contributed by atoms with Gasteiger partial charge in [-0.05, 0) is 18.2 Å². The number of amides is 1. The highest BCUT2D eigenvalue weighted by Gasteiger charge is 2.26. The lowest BCUT2D eigenvalue weighted by molar-refractivity contribution is 0.0727. The fourth-order valence-electron chi connectivity index (χ4n) is 3.05. The summed E-state index contributed by atoms with van der Waals surface area (Å²) >= 11 is 0. The van der Waals surface area contributed by atoms with Crippen LogP contribution in [0.4, 0.5) is 0 Å². The summed E-state index contributed by atoms with van der Waals surface area (Å²) in [7, 11) is 0. The second-order valence-corrected chi connectivity index (χ2v) is 6.09. The lowest BCUT2D eigenvalue weighted by Crippen LogP contribution is -2.37. The molecule has 0 saturated heterocycles. The molecule has 1 aliphatic rings. The minimum Gasteiger partial charge on any atom is -0.332 e. The van der Waals surface area contributed by atoms with Crippen LogP contribution < -0.4 is 0 Å². The van der Waals surface area contributed by atoms with Gasteiger partial charge in [-0.2, -0.15) is 5.10 Å². The summed E-state index contributed by atoms with van der Waals surface area (Å²) in [5.41, 5.74) is 4.10. The fourth-order valence-corrected chi connectivity index (χ4v) is 3.05. The number of aromatic amines is 1. The number of ketones is 1. The van der Waals surface area contributed by atoms with Crippen LogP contribution in [-0.4, -0.2) is 48.3 Å². The van der Waals surface area contributed by atoms with E-state index in [1.54, 1.807) is 23.6 Å². The predicted molar refractivity (Wildman–Crippen MR) is 92.3 cm³/mol. The average molecular weight is 348 g/mol. The van der Waals surface area contributed by atoms with Gasteiger partial charge in [-0.1, -0.05) is 0 Å². The monoisotopic (exact) mass is 348 g/mol. The van der Waals surface area contributed by atoms with Crippen molar-refractivity contribution in [2.24, 2.45) is 0 Å². The van der Waals surface area contributed by atoms with Crippen LogP contribution in [0.5, 0.6) is 0 Å². The van der Waals surface area contributed by atoms with Crippen LogP contribution in [0.1, 0.15) is 39.2 Å². The van der Waals surface area contributed by atoms with Gasteiger partial charge in [0.1, 0.15) is 17.7 Å². The molecule has 0 bridgehead atoms. The van der Waals surface area contributed by atoms with Gasteiger partial charge in [0.2, 0.25) is 0 Å². The lowest BCUT2D eigenvalue weighted by Gasteiger charge is -2.28. The van der Waals surface area contributed by atoms with Crippen molar-refractivity contribution < 1.29 is 9.59 Å². The van der Waals surface area contributed by atoms with Gasteiger partial charge in [-0.3, -0.25) is 19.7 Å². The molecular formula is C18H16N6O2. The van der Waals surface area contributed by atoms with E-state index in [2.05, 4.69) is 25.1 Å². The van der Waals surface area contributed by atoms with E-state index in [9.17, 15) is 9.59 Å². The van der Waals surface area contributed by atoms with Crippen LogP contribution in [0.15, 0.2) is 36.9 Å². The maximum absolute atomic E-state index is 12.8. The van der Waals surface area contributed by atoms with Crippen molar-refractivity contribution >= 4 is 11.7 Å². The van der Waals surface area contributed by atoms with E-state index in [1.165, 1.54) is 13.0 Å². The van der Waals surface area contributed by atoms with Gasteiger partial charge >= 0.3 is 0 Å². The van der Waals surface area contributed by atoms with E-state index in [0.717, 1.165) is 22.5 Å². The topological polar surface area (TPSA) is 105 Å². The molecule has 1 N–H and O–H groups in total. The highest BCUT2D eigenvalue weighted by molar-refractivity contribution is 5.97. The molecule has 3 aromatic rings. The molecule has 0 aromatic carbocycles. The third-order valence-electron chi connectivity index (χ3n) is 4.39. The summed E-state index contributed by atoms with van der Waals surface area (Å²) < 4.78 is 0. The molecule has 4 rings (SSSR count). The van der Waals surface area contributed by atoms with Gasteiger partial charge in [0, 0.05) is 50.0 Å². The molecule has 1 amide bonds. The maximum atomic E-state index is 12.8. The number of H-pyrrole nitrogens is 1. The van der Waals surface area contributed by atoms with Crippen LogP contribution in [0, 0.1) is 0 Å². The molecule has 0 atom stereocenters. The molecule has 0 aliphatic carbocycles. The molecule has 1 aliphatic heterocycles. The molecule has 0 radical (unpaired) electrons. The molecule has 3 aromatic heterocycles. The third kappa shape index (κ3) is 2.85. The van der Waals surface area contributed by atoms with Crippen LogP contribution in [0.2, 0.25) is 0 Å². The number of rotatable bonds is 3. The Balaban J connectivity index is 1.65. The Morgan fingerprint density at radius 2 is 2.15 bits per heavy atom. The average Bonchev–Trinajstić information content (AvgIpc) is 3.18. The first kappa shape index (κ1) is 16.1. The quantitative estimate of drug-likeness (QED) is 0.722. The fraction of sp³-hybridized carbons (Fsp3) is 0.222. The van der Waals surface area contributed by atoms with E-state index < -0.39 is 0 Å². The Kier molecular flexibility index (Phi) is 4.00.